The number of nitrogens with zero attached hydrogens (tertiary/aromatic N) is 4. The summed E-state index contributed by atoms with van der Waals surface area (Å²) in [5.74, 6) is 0.253. The topological polar surface area (TPSA) is 109 Å². The molecule has 1 amide bonds. The van der Waals surface area contributed by atoms with E-state index in [1.807, 2.05) is 0 Å². The fourth-order valence-corrected chi connectivity index (χ4v) is 2.95. The van der Waals surface area contributed by atoms with Gasteiger partial charge in [-0.25, -0.2) is 4.21 Å². The van der Waals surface area contributed by atoms with Crippen molar-refractivity contribution >= 4 is 17.0 Å². The van der Waals surface area contributed by atoms with E-state index in [4.69, 9.17) is 9.08 Å². The molecule has 8 nitrogen and oxygen atoms in total. The Hall–Kier alpha value is -2.13. The van der Waals surface area contributed by atoms with Gasteiger partial charge in [-0.3, -0.25) is 9.78 Å². The van der Waals surface area contributed by atoms with E-state index in [1.165, 1.54) is 18.5 Å². The molecule has 0 spiro atoms. The maximum absolute atomic E-state index is 12.4. The lowest BCUT2D eigenvalue weighted by atomic mass is 10.0. The third kappa shape index (κ3) is 3.45. The lowest BCUT2D eigenvalue weighted by molar-refractivity contribution is 0.0633. The third-order valence-corrected chi connectivity index (χ3v) is 4.35. The summed E-state index contributed by atoms with van der Waals surface area (Å²) in [6.07, 6.45) is 4.79. The Bertz CT molecular complexity index is 748. The van der Waals surface area contributed by atoms with Crippen molar-refractivity contribution in [1.29, 1.82) is 0 Å². The van der Waals surface area contributed by atoms with Crippen LogP contribution >= 0.6 is 0 Å². The number of carbonyl (C=O) groups excluding carboxylic acids is 1. The lowest BCUT2D eigenvalue weighted by Gasteiger charge is -2.29. The summed E-state index contributed by atoms with van der Waals surface area (Å²) in [7, 11) is 0. The Balaban J connectivity index is 1.81. The van der Waals surface area contributed by atoms with Crippen LogP contribution in [0.25, 0.3) is 11.4 Å². The van der Waals surface area contributed by atoms with Crippen LogP contribution < -0.4 is 0 Å². The Morgan fingerprint density at radius 3 is 3.04 bits per heavy atom. The number of aromatic nitrogens is 3. The molecule has 0 aromatic carbocycles. The van der Waals surface area contributed by atoms with Gasteiger partial charge in [-0.1, -0.05) is 12.1 Å². The number of pyridine rings is 1. The third-order valence-electron chi connectivity index (χ3n) is 3.73. The predicted molar refractivity (Wildman–Crippen MR) is 80.9 cm³/mol. The van der Waals surface area contributed by atoms with E-state index >= 15 is 0 Å². The van der Waals surface area contributed by atoms with Crippen molar-refractivity contribution in [3.8, 4) is 11.4 Å². The van der Waals surface area contributed by atoms with Gasteiger partial charge in [-0.15, -0.1) is 0 Å². The van der Waals surface area contributed by atoms with Crippen LogP contribution in [-0.4, -0.2) is 47.8 Å². The molecule has 1 fully saturated rings. The molecule has 0 aliphatic carbocycles. The molecule has 1 aliphatic rings. The van der Waals surface area contributed by atoms with Crippen molar-refractivity contribution < 1.29 is 18.1 Å². The molecule has 2 aromatic rings. The second-order valence-electron chi connectivity index (χ2n) is 5.58. The van der Waals surface area contributed by atoms with E-state index in [-0.39, 0.29) is 22.5 Å². The molecular formula is C14H16N4O4S. The van der Waals surface area contributed by atoms with Gasteiger partial charge in [0, 0.05) is 31.0 Å². The van der Waals surface area contributed by atoms with Crippen molar-refractivity contribution in [3.05, 3.63) is 24.4 Å². The molecule has 3 heterocycles. The highest BCUT2D eigenvalue weighted by atomic mass is 32.2. The maximum Gasteiger partial charge on any atom is 0.316 e. The van der Waals surface area contributed by atoms with Gasteiger partial charge < -0.3 is 14.0 Å². The van der Waals surface area contributed by atoms with Crippen LogP contribution in [0.15, 0.2) is 27.9 Å². The molecule has 23 heavy (non-hydrogen) atoms. The SMILES string of the molecule is CC1CCCN(C(=O)c2nc(-c3cncc(S(=O)O)c3)no2)C1. The lowest BCUT2D eigenvalue weighted by Crippen LogP contribution is -2.39. The summed E-state index contributed by atoms with van der Waals surface area (Å²) in [5.41, 5.74) is 0.416. The number of hydrogen-bond acceptors (Lipinski definition) is 6. The van der Waals surface area contributed by atoms with Crippen molar-refractivity contribution in [1.82, 2.24) is 20.0 Å². The van der Waals surface area contributed by atoms with E-state index in [0.717, 1.165) is 12.8 Å². The van der Waals surface area contributed by atoms with E-state index in [1.54, 1.807) is 4.90 Å². The van der Waals surface area contributed by atoms with Crippen LogP contribution in [0.5, 0.6) is 0 Å². The number of likely N-dealkylation sites (tertiary alicyclic amines) is 1. The Morgan fingerprint density at radius 1 is 1.48 bits per heavy atom. The first-order chi connectivity index (χ1) is 11.0. The highest BCUT2D eigenvalue weighted by molar-refractivity contribution is 7.79. The second kappa shape index (κ2) is 6.55. The van der Waals surface area contributed by atoms with Gasteiger partial charge in [-0.05, 0) is 24.8 Å². The highest BCUT2D eigenvalue weighted by Gasteiger charge is 2.26. The summed E-state index contributed by atoms with van der Waals surface area (Å²) in [6, 6.07) is 1.44. The van der Waals surface area contributed by atoms with E-state index in [9.17, 15) is 9.00 Å². The molecule has 3 rings (SSSR count). The first kappa shape index (κ1) is 15.8. The van der Waals surface area contributed by atoms with Crippen LogP contribution in [0.2, 0.25) is 0 Å². The van der Waals surface area contributed by atoms with Gasteiger partial charge in [0.2, 0.25) is 5.82 Å². The van der Waals surface area contributed by atoms with Crippen LogP contribution in [0.1, 0.15) is 30.5 Å². The quantitative estimate of drug-likeness (QED) is 0.847. The fraction of sp³-hybridized carbons (Fsp3) is 0.429. The largest absolute Gasteiger partial charge is 0.334 e. The minimum absolute atomic E-state index is 0.0791. The average molecular weight is 336 g/mol. The number of rotatable bonds is 3. The first-order valence-corrected chi connectivity index (χ1v) is 8.34. The van der Waals surface area contributed by atoms with Crippen molar-refractivity contribution in [3.63, 3.8) is 0 Å². The van der Waals surface area contributed by atoms with Gasteiger partial charge in [0.25, 0.3) is 0 Å². The van der Waals surface area contributed by atoms with E-state index < -0.39 is 11.1 Å². The zero-order valence-corrected chi connectivity index (χ0v) is 13.3. The Morgan fingerprint density at radius 2 is 2.30 bits per heavy atom. The molecule has 2 atom stereocenters. The van der Waals surface area contributed by atoms with Crippen molar-refractivity contribution in [2.45, 2.75) is 24.7 Å². The summed E-state index contributed by atoms with van der Waals surface area (Å²) in [5, 5.41) is 3.77. The van der Waals surface area contributed by atoms with Gasteiger partial charge in [0.15, 0.2) is 11.1 Å². The minimum atomic E-state index is -2.15. The van der Waals surface area contributed by atoms with Crippen LogP contribution in [0.3, 0.4) is 0 Å². The molecule has 2 aromatic heterocycles. The molecule has 0 radical (unpaired) electrons. The zero-order chi connectivity index (χ0) is 16.4. The summed E-state index contributed by atoms with van der Waals surface area (Å²) < 4.78 is 25.2. The standard InChI is InChI=1S/C14H16N4O4S/c1-9-3-2-4-18(8-9)14(19)13-16-12(17-22-13)10-5-11(23(20)21)7-15-6-10/h5-7,9H,2-4,8H2,1H3,(H,20,21). The van der Waals surface area contributed by atoms with Gasteiger partial charge in [-0.2, -0.15) is 4.98 Å². The van der Waals surface area contributed by atoms with Crippen LogP contribution in [-0.2, 0) is 11.1 Å². The van der Waals surface area contributed by atoms with Crippen LogP contribution in [0.4, 0.5) is 0 Å². The normalized spacial score (nSPS) is 19.6. The van der Waals surface area contributed by atoms with E-state index in [0.29, 0.717) is 24.6 Å². The summed E-state index contributed by atoms with van der Waals surface area (Å²) >= 11 is -2.15. The molecule has 0 saturated carbocycles. The Labute approximate surface area is 135 Å². The molecule has 2 unspecified atom stereocenters. The minimum Gasteiger partial charge on any atom is -0.334 e. The maximum atomic E-state index is 12.4. The van der Waals surface area contributed by atoms with Crippen molar-refractivity contribution in [2.75, 3.05) is 13.1 Å². The first-order valence-electron chi connectivity index (χ1n) is 7.24. The van der Waals surface area contributed by atoms with Gasteiger partial charge in [0.05, 0.1) is 4.90 Å². The zero-order valence-electron chi connectivity index (χ0n) is 12.5. The predicted octanol–water partition coefficient (Wildman–Crippen LogP) is 1.58. The molecule has 1 aliphatic heterocycles. The fourth-order valence-electron chi connectivity index (χ4n) is 2.57. The summed E-state index contributed by atoms with van der Waals surface area (Å²) in [6.45, 7) is 3.46. The van der Waals surface area contributed by atoms with Crippen molar-refractivity contribution in [2.24, 2.45) is 5.92 Å². The molecule has 122 valence electrons. The summed E-state index contributed by atoms with van der Waals surface area (Å²) in [4.78, 5) is 22.2. The van der Waals surface area contributed by atoms with E-state index in [2.05, 4.69) is 22.0 Å². The smallest absolute Gasteiger partial charge is 0.316 e. The highest BCUT2D eigenvalue weighted by Crippen LogP contribution is 2.20. The second-order valence-corrected chi connectivity index (χ2v) is 6.55. The number of piperidine rings is 1. The van der Waals surface area contributed by atoms with Crippen LogP contribution in [0, 0.1) is 5.92 Å². The average Bonchev–Trinajstić information content (AvgIpc) is 3.04. The molecule has 0 bridgehead atoms. The molecule has 1 N–H and O–H groups in total. The monoisotopic (exact) mass is 336 g/mol. The number of amides is 1. The Kier molecular flexibility index (Phi) is 4.49. The molecule has 1 saturated heterocycles. The molecule has 9 heteroatoms. The number of carbonyl (C=O) groups is 1. The number of hydrogen-bond donors (Lipinski definition) is 1. The van der Waals surface area contributed by atoms with Gasteiger partial charge >= 0.3 is 11.8 Å². The molecular weight excluding hydrogens is 320 g/mol. The van der Waals surface area contributed by atoms with Gasteiger partial charge in [0.1, 0.15) is 0 Å².